The highest BCUT2D eigenvalue weighted by atomic mass is 35.5. The lowest BCUT2D eigenvalue weighted by Crippen LogP contribution is -1.95. The van der Waals surface area contributed by atoms with Gasteiger partial charge in [0.05, 0.1) is 16.7 Å². The highest BCUT2D eigenvalue weighted by Gasteiger charge is 2.05. The summed E-state index contributed by atoms with van der Waals surface area (Å²) in [6, 6.07) is 16.7. The Balaban J connectivity index is 0.000000185. The summed E-state index contributed by atoms with van der Waals surface area (Å²) in [4.78, 5) is 25.3. The molecule has 3 rings (SSSR count). The molecule has 0 saturated heterocycles. The van der Waals surface area contributed by atoms with Gasteiger partial charge in [-0.1, -0.05) is 65.4 Å². The molecule has 2 aromatic carbocycles. The van der Waals surface area contributed by atoms with Crippen molar-refractivity contribution in [2.45, 2.75) is 0 Å². The zero-order valence-corrected chi connectivity index (χ0v) is 13.8. The number of hydrogen-bond acceptors (Lipinski definition) is 5. The van der Waals surface area contributed by atoms with Gasteiger partial charge in [-0.25, -0.2) is 9.78 Å². The number of carbonyl (C=O) groups is 1. The van der Waals surface area contributed by atoms with Gasteiger partial charge >= 0.3 is 5.97 Å². The van der Waals surface area contributed by atoms with Crippen molar-refractivity contribution in [2.24, 2.45) is 0 Å². The van der Waals surface area contributed by atoms with Gasteiger partial charge in [0.15, 0.2) is 0 Å². The van der Waals surface area contributed by atoms with Crippen molar-refractivity contribution in [1.29, 1.82) is 0 Å². The third kappa shape index (κ3) is 4.91. The van der Waals surface area contributed by atoms with E-state index in [4.69, 9.17) is 21.8 Å². The number of aromatic hydroxyl groups is 1. The Bertz CT molecular complexity index is 896. The number of carboxylic acid groups (broad SMARTS) is 1. The molecule has 122 valence electrons. The first kappa shape index (κ1) is 17.7. The smallest absolute Gasteiger partial charge is 0.337 e. The zero-order valence-electron chi connectivity index (χ0n) is 12.2. The summed E-state index contributed by atoms with van der Waals surface area (Å²) in [6.07, 6.45) is 0. The standard InChI is InChI=1S/C10H7NO2S.C7H5ClO2/c12-8-6-9(13)14-10(11-8)7-4-2-1-3-5-7;8-6-4-2-1-3-5(6)7(9)10/h1-6,12H;1-4H,(H,9,10). The van der Waals surface area contributed by atoms with E-state index in [9.17, 15) is 9.59 Å². The van der Waals surface area contributed by atoms with Crippen LogP contribution in [-0.2, 0) is 0 Å². The van der Waals surface area contributed by atoms with Gasteiger partial charge in [0.25, 0.3) is 0 Å². The summed E-state index contributed by atoms with van der Waals surface area (Å²) in [5.41, 5.74) is 0.981. The number of hydrogen-bond donors (Lipinski definition) is 2. The number of carboxylic acids is 1. The maximum Gasteiger partial charge on any atom is 0.337 e. The maximum absolute atomic E-state index is 11.1. The minimum absolute atomic E-state index is 0.143. The van der Waals surface area contributed by atoms with Crippen LogP contribution >= 0.6 is 22.9 Å². The van der Waals surface area contributed by atoms with Crippen molar-refractivity contribution in [3.63, 3.8) is 0 Å². The average Bonchev–Trinajstić information content (AvgIpc) is 2.55. The van der Waals surface area contributed by atoms with Crippen LogP contribution in [-0.4, -0.2) is 21.2 Å². The molecule has 0 saturated carbocycles. The molecule has 0 unspecified atom stereocenters. The molecule has 0 aliphatic carbocycles. The van der Waals surface area contributed by atoms with Crippen molar-refractivity contribution < 1.29 is 15.0 Å². The van der Waals surface area contributed by atoms with Gasteiger partial charge in [0, 0.05) is 5.56 Å². The molecule has 0 atom stereocenters. The summed E-state index contributed by atoms with van der Waals surface area (Å²) >= 11 is 6.56. The lowest BCUT2D eigenvalue weighted by atomic mass is 10.2. The molecule has 3 aromatic rings. The molecule has 2 N–H and O–H groups in total. The van der Waals surface area contributed by atoms with Gasteiger partial charge in [0.1, 0.15) is 5.01 Å². The quantitative estimate of drug-likeness (QED) is 0.722. The van der Waals surface area contributed by atoms with Crippen LogP contribution in [0.4, 0.5) is 0 Å². The van der Waals surface area contributed by atoms with E-state index in [0.29, 0.717) is 5.01 Å². The summed E-state index contributed by atoms with van der Waals surface area (Å²) in [5, 5.41) is 18.4. The molecule has 0 aliphatic heterocycles. The molecule has 5 nitrogen and oxygen atoms in total. The molecule has 0 amide bonds. The number of rotatable bonds is 2. The highest BCUT2D eigenvalue weighted by molar-refractivity contribution is 7.12. The molecule has 1 aromatic heterocycles. The Morgan fingerprint density at radius 2 is 1.67 bits per heavy atom. The minimum atomic E-state index is -0.995. The van der Waals surface area contributed by atoms with Gasteiger partial charge < -0.3 is 10.2 Å². The van der Waals surface area contributed by atoms with Gasteiger partial charge in [-0.2, -0.15) is 0 Å². The molecule has 0 bridgehead atoms. The molecular weight excluding hydrogens is 350 g/mol. The number of aromatic nitrogens is 1. The number of benzene rings is 2. The highest BCUT2D eigenvalue weighted by Crippen LogP contribution is 2.20. The van der Waals surface area contributed by atoms with Crippen LogP contribution in [0.1, 0.15) is 10.4 Å². The van der Waals surface area contributed by atoms with E-state index < -0.39 is 5.97 Å². The van der Waals surface area contributed by atoms with E-state index in [2.05, 4.69) is 4.98 Å². The lowest BCUT2D eigenvalue weighted by Gasteiger charge is -1.98. The molecule has 0 aliphatic rings. The molecule has 24 heavy (non-hydrogen) atoms. The van der Waals surface area contributed by atoms with E-state index in [0.717, 1.165) is 23.0 Å². The topological polar surface area (TPSA) is 87.5 Å². The normalized spacial score (nSPS) is 9.71. The Hall–Kier alpha value is -2.70. The Morgan fingerprint density at radius 3 is 2.21 bits per heavy atom. The van der Waals surface area contributed by atoms with E-state index in [1.54, 1.807) is 18.2 Å². The molecule has 0 spiro atoms. The number of aromatic carboxylic acids is 1. The SMILES string of the molecule is O=C(O)c1ccccc1Cl.O=c1cc(O)nc(-c2ccccc2)s1. The Labute approximate surface area is 146 Å². The van der Waals surface area contributed by atoms with Crippen LogP contribution in [0.5, 0.6) is 5.88 Å². The fraction of sp³-hybridized carbons (Fsp3) is 0. The second-order valence-corrected chi connectivity index (χ2v) is 5.89. The third-order valence-electron chi connectivity index (χ3n) is 2.79. The van der Waals surface area contributed by atoms with Gasteiger partial charge in [0.2, 0.25) is 10.6 Å². The molecule has 0 fully saturated rings. The van der Waals surface area contributed by atoms with E-state index >= 15 is 0 Å². The van der Waals surface area contributed by atoms with Crippen molar-refractivity contribution in [2.75, 3.05) is 0 Å². The van der Waals surface area contributed by atoms with E-state index in [1.165, 1.54) is 6.07 Å². The van der Waals surface area contributed by atoms with Crippen LogP contribution < -0.4 is 4.74 Å². The lowest BCUT2D eigenvalue weighted by molar-refractivity contribution is 0.0697. The predicted molar refractivity (Wildman–Crippen MR) is 93.9 cm³/mol. The molecule has 0 radical (unpaired) electrons. The largest absolute Gasteiger partial charge is 0.493 e. The Kier molecular flexibility index (Phi) is 6.06. The van der Waals surface area contributed by atoms with Crippen LogP contribution in [0.2, 0.25) is 5.02 Å². The van der Waals surface area contributed by atoms with Gasteiger partial charge in [-0.15, -0.1) is 0 Å². The third-order valence-corrected chi connectivity index (χ3v) is 3.95. The summed E-state index contributed by atoms with van der Waals surface area (Å²) < 4.78 is -0.198. The van der Waals surface area contributed by atoms with Crippen LogP contribution in [0.25, 0.3) is 10.6 Å². The molecule has 7 heteroatoms. The van der Waals surface area contributed by atoms with Gasteiger partial charge in [-0.05, 0) is 12.1 Å². The van der Waals surface area contributed by atoms with Crippen molar-refractivity contribution in [3.05, 3.63) is 80.8 Å². The fourth-order valence-corrected chi connectivity index (χ4v) is 2.69. The second kappa shape index (κ2) is 8.24. The Morgan fingerprint density at radius 1 is 1.04 bits per heavy atom. The summed E-state index contributed by atoms with van der Waals surface area (Å²) in [5.74, 6) is -1.22. The minimum Gasteiger partial charge on any atom is -0.493 e. The predicted octanol–water partition coefficient (Wildman–Crippen LogP) is 3.91. The second-order valence-electron chi connectivity index (χ2n) is 4.49. The summed E-state index contributed by atoms with van der Waals surface area (Å²) in [7, 11) is 0. The summed E-state index contributed by atoms with van der Waals surface area (Å²) in [6.45, 7) is 0. The van der Waals surface area contributed by atoms with Crippen LogP contribution in [0, 0.1) is 0 Å². The maximum atomic E-state index is 11.1. The zero-order chi connectivity index (χ0) is 17.5. The molecule has 1 heterocycles. The van der Waals surface area contributed by atoms with Crippen LogP contribution in [0.15, 0.2) is 65.5 Å². The van der Waals surface area contributed by atoms with Crippen molar-refractivity contribution in [3.8, 4) is 16.5 Å². The fourth-order valence-electron chi connectivity index (χ4n) is 1.73. The van der Waals surface area contributed by atoms with Gasteiger partial charge in [-0.3, -0.25) is 4.79 Å². The number of halogens is 1. The molecular formula is C17H12ClNO4S. The first-order valence-corrected chi connectivity index (χ1v) is 7.91. The first-order chi connectivity index (χ1) is 11.5. The van der Waals surface area contributed by atoms with E-state index in [1.807, 2.05) is 30.3 Å². The van der Waals surface area contributed by atoms with Crippen molar-refractivity contribution >= 4 is 28.9 Å². The number of nitrogens with zero attached hydrogens (tertiary/aromatic N) is 1. The van der Waals surface area contributed by atoms with E-state index in [-0.39, 0.29) is 21.2 Å². The first-order valence-electron chi connectivity index (χ1n) is 6.72. The monoisotopic (exact) mass is 361 g/mol. The van der Waals surface area contributed by atoms with Crippen molar-refractivity contribution in [1.82, 2.24) is 4.98 Å². The van der Waals surface area contributed by atoms with Crippen LogP contribution in [0.3, 0.4) is 0 Å². The average molecular weight is 362 g/mol.